The van der Waals surface area contributed by atoms with E-state index >= 15 is 0 Å². The zero-order chi connectivity index (χ0) is 17.5. The molecule has 2 aromatic carbocycles. The molecule has 1 heterocycles. The van der Waals surface area contributed by atoms with Gasteiger partial charge in [-0.25, -0.2) is 4.98 Å². The van der Waals surface area contributed by atoms with Crippen molar-refractivity contribution in [3.63, 3.8) is 0 Å². The summed E-state index contributed by atoms with van der Waals surface area (Å²) in [5.41, 5.74) is 1.95. The van der Waals surface area contributed by atoms with E-state index in [0.717, 1.165) is 11.1 Å². The minimum absolute atomic E-state index is 0.123. The summed E-state index contributed by atoms with van der Waals surface area (Å²) in [4.78, 5) is 9.37. The van der Waals surface area contributed by atoms with Crippen molar-refractivity contribution in [2.75, 3.05) is 0 Å². The van der Waals surface area contributed by atoms with E-state index in [9.17, 15) is 0 Å². The Morgan fingerprint density at radius 2 is 2.00 bits per heavy atom. The molecule has 0 aliphatic rings. The fourth-order valence-corrected chi connectivity index (χ4v) is 2.91. The van der Waals surface area contributed by atoms with Crippen molar-refractivity contribution in [3.8, 4) is 0 Å². The fourth-order valence-electron chi connectivity index (χ4n) is 2.36. The standard InChI is InChI=1S/C18H16Cl2N4O/c19-16-6-7-17(18(20)8-16)15(10-24-13-21-12-22-24)9-23-25-11-14-4-2-1-3-5-14/h1-9,12-13,15H,10-11H2. The molecule has 0 spiro atoms. The zero-order valence-electron chi connectivity index (χ0n) is 13.3. The van der Waals surface area contributed by atoms with Crippen molar-refractivity contribution in [3.05, 3.63) is 82.4 Å². The van der Waals surface area contributed by atoms with Crippen LogP contribution in [0.3, 0.4) is 0 Å². The van der Waals surface area contributed by atoms with Crippen LogP contribution in [0.1, 0.15) is 17.0 Å². The van der Waals surface area contributed by atoms with Crippen molar-refractivity contribution in [1.29, 1.82) is 0 Å². The summed E-state index contributed by atoms with van der Waals surface area (Å²) in [7, 11) is 0. The molecule has 0 saturated carbocycles. The second kappa shape index (κ2) is 8.65. The zero-order valence-corrected chi connectivity index (χ0v) is 14.8. The molecule has 25 heavy (non-hydrogen) atoms. The molecule has 3 rings (SSSR count). The van der Waals surface area contributed by atoms with E-state index in [1.807, 2.05) is 36.4 Å². The van der Waals surface area contributed by atoms with Crippen LogP contribution in [-0.2, 0) is 18.0 Å². The lowest BCUT2D eigenvalue weighted by molar-refractivity contribution is 0.131. The Morgan fingerprint density at radius 1 is 1.16 bits per heavy atom. The van der Waals surface area contributed by atoms with Crippen molar-refractivity contribution in [2.24, 2.45) is 5.16 Å². The van der Waals surface area contributed by atoms with E-state index in [4.69, 9.17) is 28.0 Å². The molecule has 5 nitrogen and oxygen atoms in total. The predicted octanol–water partition coefficient (Wildman–Crippen LogP) is 4.57. The van der Waals surface area contributed by atoms with Crippen LogP contribution in [-0.4, -0.2) is 21.0 Å². The summed E-state index contributed by atoms with van der Waals surface area (Å²) in [6.45, 7) is 0.946. The van der Waals surface area contributed by atoms with Crippen molar-refractivity contribution in [1.82, 2.24) is 14.8 Å². The minimum atomic E-state index is -0.123. The first-order valence-corrected chi connectivity index (χ1v) is 8.44. The molecule has 3 aromatic rings. The van der Waals surface area contributed by atoms with Gasteiger partial charge in [0, 0.05) is 16.0 Å². The summed E-state index contributed by atoms with van der Waals surface area (Å²) < 4.78 is 1.72. The highest BCUT2D eigenvalue weighted by Gasteiger charge is 2.15. The summed E-state index contributed by atoms with van der Waals surface area (Å²) in [5, 5.41) is 9.41. The first-order valence-electron chi connectivity index (χ1n) is 7.69. The molecule has 1 unspecified atom stereocenters. The van der Waals surface area contributed by atoms with E-state index in [1.54, 1.807) is 29.4 Å². The number of oxime groups is 1. The van der Waals surface area contributed by atoms with Gasteiger partial charge in [0.05, 0.1) is 12.8 Å². The van der Waals surface area contributed by atoms with E-state index < -0.39 is 0 Å². The van der Waals surface area contributed by atoms with Crippen LogP contribution in [0.25, 0.3) is 0 Å². The maximum absolute atomic E-state index is 6.34. The van der Waals surface area contributed by atoms with Gasteiger partial charge < -0.3 is 4.84 Å². The molecule has 0 bridgehead atoms. The van der Waals surface area contributed by atoms with Gasteiger partial charge in [-0.2, -0.15) is 5.10 Å². The third-order valence-electron chi connectivity index (χ3n) is 3.60. The topological polar surface area (TPSA) is 52.3 Å². The van der Waals surface area contributed by atoms with Gasteiger partial charge in [0.25, 0.3) is 0 Å². The van der Waals surface area contributed by atoms with Gasteiger partial charge in [-0.3, -0.25) is 4.68 Å². The number of aromatic nitrogens is 3. The number of hydrogen-bond acceptors (Lipinski definition) is 4. The van der Waals surface area contributed by atoms with Crippen LogP contribution in [0.2, 0.25) is 10.0 Å². The van der Waals surface area contributed by atoms with Gasteiger partial charge in [-0.15, -0.1) is 0 Å². The lowest BCUT2D eigenvalue weighted by atomic mass is 10.0. The Kier molecular flexibility index (Phi) is 6.04. The molecule has 0 radical (unpaired) electrons. The summed E-state index contributed by atoms with van der Waals surface area (Å²) in [6.07, 6.45) is 4.86. The van der Waals surface area contributed by atoms with Crippen LogP contribution in [0.5, 0.6) is 0 Å². The lowest BCUT2D eigenvalue weighted by Crippen LogP contribution is -2.12. The van der Waals surface area contributed by atoms with E-state index in [2.05, 4.69) is 15.2 Å². The highest BCUT2D eigenvalue weighted by Crippen LogP contribution is 2.27. The maximum Gasteiger partial charge on any atom is 0.142 e. The summed E-state index contributed by atoms with van der Waals surface area (Å²) in [5.74, 6) is -0.123. The average molecular weight is 375 g/mol. The van der Waals surface area contributed by atoms with Gasteiger partial charge >= 0.3 is 0 Å². The van der Waals surface area contributed by atoms with Gasteiger partial charge in [0.15, 0.2) is 0 Å². The Hall–Kier alpha value is -2.37. The molecule has 7 heteroatoms. The van der Waals surface area contributed by atoms with Crippen molar-refractivity contribution < 1.29 is 4.84 Å². The highest BCUT2D eigenvalue weighted by atomic mass is 35.5. The second-order valence-electron chi connectivity index (χ2n) is 5.40. The van der Waals surface area contributed by atoms with Gasteiger partial charge in [0.1, 0.15) is 19.3 Å². The second-order valence-corrected chi connectivity index (χ2v) is 6.25. The minimum Gasteiger partial charge on any atom is -0.391 e. The summed E-state index contributed by atoms with van der Waals surface area (Å²) >= 11 is 12.3. The maximum atomic E-state index is 6.34. The molecule has 1 aromatic heterocycles. The van der Waals surface area contributed by atoms with Crippen molar-refractivity contribution >= 4 is 29.4 Å². The van der Waals surface area contributed by atoms with Crippen LogP contribution < -0.4 is 0 Å². The monoisotopic (exact) mass is 374 g/mol. The van der Waals surface area contributed by atoms with Crippen LogP contribution in [0.4, 0.5) is 0 Å². The lowest BCUT2D eigenvalue weighted by Gasteiger charge is -2.14. The molecule has 0 N–H and O–H groups in total. The average Bonchev–Trinajstić information content (AvgIpc) is 3.12. The Morgan fingerprint density at radius 3 is 2.72 bits per heavy atom. The quantitative estimate of drug-likeness (QED) is 0.449. The van der Waals surface area contributed by atoms with Crippen LogP contribution in [0.15, 0.2) is 66.3 Å². The van der Waals surface area contributed by atoms with Crippen LogP contribution >= 0.6 is 23.2 Å². The molecule has 0 aliphatic heterocycles. The van der Waals surface area contributed by atoms with Crippen LogP contribution in [0, 0.1) is 0 Å². The molecule has 0 fully saturated rings. The van der Waals surface area contributed by atoms with Gasteiger partial charge in [-0.05, 0) is 23.3 Å². The third-order valence-corrected chi connectivity index (χ3v) is 4.16. The first kappa shape index (κ1) is 17.5. The smallest absolute Gasteiger partial charge is 0.142 e. The Bertz CT molecular complexity index is 822. The van der Waals surface area contributed by atoms with Gasteiger partial charge in [-0.1, -0.05) is 64.8 Å². The third kappa shape index (κ3) is 5.05. The molecule has 0 aliphatic carbocycles. The van der Waals surface area contributed by atoms with Gasteiger partial charge in [0.2, 0.25) is 0 Å². The Balaban J connectivity index is 1.72. The molecule has 1 atom stereocenters. The Labute approximate surface area is 155 Å². The molecule has 0 amide bonds. The SMILES string of the molecule is Clc1ccc(C(C=NOCc2ccccc2)Cn2cncn2)c(Cl)c1. The molecule has 0 saturated heterocycles. The van der Waals surface area contributed by atoms with E-state index in [-0.39, 0.29) is 5.92 Å². The van der Waals surface area contributed by atoms with E-state index in [1.165, 1.54) is 6.33 Å². The highest BCUT2D eigenvalue weighted by molar-refractivity contribution is 6.35. The van der Waals surface area contributed by atoms with E-state index in [0.29, 0.717) is 23.2 Å². The number of nitrogens with zero attached hydrogens (tertiary/aromatic N) is 4. The number of halogens is 2. The number of hydrogen-bond donors (Lipinski definition) is 0. The molecular formula is C18H16Cl2N4O. The molecular weight excluding hydrogens is 359 g/mol. The number of benzene rings is 2. The first-order chi connectivity index (χ1) is 12.2. The fraction of sp³-hybridized carbons (Fsp3) is 0.167. The largest absolute Gasteiger partial charge is 0.391 e. The van der Waals surface area contributed by atoms with Crippen molar-refractivity contribution in [2.45, 2.75) is 19.1 Å². The number of rotatable bonds is 7. The predicted molar refractivity (Wildman–Crippen MR) is 98.9 cm³/mol. The molecule has 128 valence electrons. The normalized spacial score (nSPS) is 12.4. The summed E-state index contributed by atoms with van der Waals surface area (Å²) in [6, 6.07) is 15.3.